The molecule has 172 valence electrons. The molecule has 2 N–H and O–H groups in total. The van der Waals surface area contributed by atoms with Crippen molar-refractivity contribution in [2.45, 2.75) is 36.5 Å². The number of hydrogen-bond donors (Lipinski definition) is 2. The Kier molecular flexibility index (Phi) is 6.27. The number of nitrogens with one attached hydrogen (secondary N) is 2. The van der Waals surface area contributed by atoms with Gasteiger partial charge in [-0.2, -0.15) is 0 Å². The van der Waals surface area contributed by atoms with Gasteiger partial charge in [0, 0.05) is 36.7 Å². The molecule has 3 aromatic rings. The van der Waals surface area contributed by atoms with Crippen LogP contribution in [0.15, 0.2) is 65.8 Å². The van der Waals surface area contributed by atoms with Crippen LogP contribution in [0.1, 0.15) is 36.3 Å². The van der Waals surface area contributed by atoms with Crippen molar-refractivity contribution in [3.05, 3.63) is 72.1 Å². The van der Waals surface area contributed by atoms with Gasteiger partial charge in [-0.3, -0.25) is 9.78 Å². The molecule has 0 amide bonds. The highest BCUT2D eigenvalue weighted by Crippen LogP contribution is 2.48. The third-order valence-electron chi connectivity index (χ3n) is 6.84. The molecule has 33 heavy (non-hydrogen) atoms. The van der Waals surface area contributed by atoms with Crippen molar-refractivity contribution in [1.82, 2.24) is 15.0 Å². The molecule has 0 radical (unpaired) electrons. The molecule has 2 heterocycles. The first-order valence-electron chi connectivity index (χ1n) is 11.7. The Balaban J connectivity index is 1.22. The monoisotopic (exact) mass is 463 g/mol. The average molecular weight is 464 g/mol. The number of benzene rings is 2. The highest BCUT2D eigenvalue weighted by molar-refractivity contribution is 7.89. The zero-order valence-corrected chi connectivity index (χ0v) is 19.4. The maximum absolute atomic E-state index is 12.9. The second kappa shape index (κ2) is 9.33. The first-order valence-corrected chi connectivity index (χ1v) is 13.1. The summed E-state index contributed by atoms with van der Waals surface area (Å²) in [5.74, 6) is 0.593. The second-order valence-electron chi connectivity index (χ2n) is 9.29. The van der Waals surface area contributed by atoms with Crippen LogP contribution in [0.2, 0.25) is 0 Å². The summed E-state index contributed by atoms with van der Waals surface area (Å²) in [5.41, 5.74) is 1.93. The number of piperidine rings is 1. The normalized spacial score (nSPS) is 22.8. The van der Waals surface area contributed by atoms with Gasteiger partial charge in [-0.05, 0) is 78.9 Å². The van der Waals surface area contributed by atoms with Crippen LogP contribution in [0, 0.1) is 11.8 Å². The lowest BCUT2D eigenvalue weighted by atomic mass is 10.0. The van der Waals surface area contributed by atoms with Crippen LogP contribution in [0.25, 0.3) is 10.8 Å². The Morgan fingerprint density at radius 1 is 1.12 bits per heavy atom. The molecule has 5 rings (SSSR count). The van der Waals surface area contributed by atoms with Crippen LogP contribution in [-0.4, -0.2) is 38.8 Å². The van der Waals surface area contributed by atoms with Gasteiger partial charge < -0.3 is 5.32 Å². The van der Waals surface area contributed by atoms with E-state index in [4.69, 9.17) is 0 Å². The van der Waals surface area contributed by atoms with E-state index in [1.165, 1.54) is 0 Å². The molecule has 0 unspecified atom stereocenters. The quantitative estimate of drug-likeness (QED) is 0.534. The van der Waals surface area contributed by atoms with E-state index in [9.17, 15) is 13.2 Å². The Hall–Kier alpha value is -2.61. The number of nitrogens with zero attached hydrogens (tertiary/aromatic N) is 1. The largest absolute Gasteiger partial charge is 0.316 e. The van der Waals surface area contributed by atoms with E-state index in [1.807, 2.05) is 36.5 Å². The minimum atomic E-state index is -3.56. The molecule has 3 atom stereocenters. The van der Waals surface area contributed by atoms with Crippen molar-refractivity contribution in [2.24, 2.45) is 11.8 Å². The van der Waals surface area contributed by atoms with E-state index < -0.39 is 10.0 Å². The standard InChI is InChI=1S/C26H29N3O3S/c30-26(12-18-6-7-22-17-28-10-8-20(22)11-18)25-14-24(25)21-4-1-5-23(13-21)33(31,32)29-16-19-3-2-9-27-15-19/h1,4-8,10-11,13,17,19,24-25,27,29H,2-3,9,12,14-16H2/t19-,24-,25+/m0/s1. The van der Waals surface area contributed by atoms with Crippen molar-refractivity contribution in [3.8, 4) is 0 Å². The first-order chi connectivity index (χ1) is 16.0. The fraction of sp³-hybridized carbons (Fsp3) is 0.385. The lowest BCUT2D eigenvalue weighted by Gasteiger charge is -2.22. The van der Waals surface area contributed by atoms with Gasteiger partial charge in [-0.25, -0.2) is 13.1 Å². The summed E-state index contributed by atoms with van der Waals surface area (Å²) >= 11 is 0. The molecule has 1 saturated carbocycles. The van der Waals surface area contributed by atoms with Gasteiger partial charge in [0.25, 0.3) is 0 Å². The van der Waals surface area contributed by atoms with E-state index in [0.29, 0.717) is 18.9 Å². The average Bonchev–Trinajstić information content (AvgIpc) is 3.65. The van der Waals surface area contributed by atoms with Crippen molar-refractivity contribution in [3.63, 3.8) is 0 Å². The summed E-state index contributed by atoms with van der Waals surface area (Å²) in [6.45, 7) is 2.30. The van der Waals surface area contributed by atoms with Gasteiger partial charge in [0.1, 0.15) is 5.78 Å². The number of carbonyl (C=O) groups is 1. The molecule has 2 fully saturated rings. The third-order valence-corrected chi connectivity index (χ3v) is 8.27. The van der Waals surface area contributed by atoms with Crippen LogP contribution >= 0.6 is 0 Å². The Morgan fingerprint density at radius 2 is 2.03 bits per heavy atom. The predicted octanol–water partition coefficient (Wildman–Crippen LogP) is 3.43. The number of sulfonamides is 1. The number of ketones is 1. The van der Waals surface area contributed by atoms with E-state index >= 15 is 0 Å². The zero-order chi connectivity index (χ0) is 22.8. The molecule has 0 spiro atoms. The Morgan fingerprint density at radius 3 is 2.88 bits per heavy atom. The van der Waals surface area contributed by atoms with Crippen LogP contribution < -0.4 is 10.0 Å². The predicted molar refractivity (Wildman–Crippen MR) is 129 cm³/mol. The zero-order valence-electron chi connectivity index (χ0n) is 18.5. The Labute approximate surface area is 194 Å². The van der Waals surface area contributed by atoms with Crippen LogP contribution in [-0.2, 0) is 21.2 Å². The van der Waals surface area contributed by atoms with Gasteiger partial charge >= 0.3 is 0 Å². The van der Waals surface area contributed by atoms with Gasteiger partial charge in [0.15, 0.2) is 0 Å². The first kappa shape index (κ1) is 22.2. The molecular weight excluding hydrogens is 434 g/mol. The number of Topliss-reactive ketones (excluding diaryl/α,β-unsaturated/α-hetero) is 1. The van der Waals surface area contributed by atoms with Gasteiger partial charge in [0.2, 0.25) is 10.0 Å². The number of pyridine rings is 1. The van der Waals surface area contributed by atoms with Crippen molar-refractivity contribution in [1.29, 1.82) is 0 Å². The molecule has 1 aromatic heterocycles. The molecule has 2 aliphatic rings. The number of hydrogen-bond acceptors (Lipinski definition) is 5. The minimum Gasteiger partial charge on any atom is -0.316 e. The molecule has 2 aromatic carbocycles. The Bertz CT molecular complexity index is 1270. The van der Waals surface area contributed by atoms with Crippen molar-refractivity contribution < 1.29 is 13.2 Å². The number of aromatic nitrogens is 1. The molecule has 6 nitrogen and oxygen atoms in total. The number of rotatable bonds is 8. The lowest BCUT2D eigenvalue weighted by Crippen LogP contribution is -2.38. The van der Waals surface area contributed by atoms with E-state index in [0.717, 1.165) is 54.3 Å². The van der Waals surface area contributed by atoms with Crippen molar-refractivity contribution in [2.75, 3.05) is 19.6 Å². The summed E-state index contributed by atoms with van der Waals surface area (Å²) in [4.78, 5) is 17.3. The van der Waals surface area contributed by atoms with Crippen LogP contribution in [0.5, 0.6) is 0 Å². The van der Waals surface area contributed by atoms with Crippen molar-refractivity contribution >= 4 is 26.6 Å². The van der Waals surface area contributed by atoms with E-state index in [1.54, 1.807) is 24.4 Å². The smallest absolute Gasteiger partial charge is 0.240 e. The molecular formula is C26H29N3O3S. The maximum atomic E-state index is 12.9. The highest BCUT2D eigenvalue weighted by Gasteiger charge is 2.43. The third kappa shape index (κ3) is 5.16. The fourth-order valence-corrected chi connectivity index (χ4v) is 5.99. The topological polar surface area (TPSA) is 88.2 Å². The summed E-state index contributed by atoms with van der Waals surface area (Å²) in [6.07, 6.45) is 6.87. The summed E-state index contributed by atoms with van der Waals surface area (Å²) < 4.78 is 28.4. The second-order valence-corrected chi connectivity index (χ2v) is 11.1. The maximum Gasteiger partial charge on any atom is 0.240 e. The van der Waals surface area contributed by atoms with Gasteiger partial charge in [0.05, 0.1) is 4.90 Å². The summed E-state index contributed by atoms with van der Waals surface area (Å²) in [6, 6.07) is 15.1. The van der Waals surface area contributed by atoms with Gasteiger partial charge in [-0.15, -0.1) is 0 Å². The number of fused-ring (bicyclic) bond motifs is 1. The van der Waals surface area contributed by atoms with E-state index in [-0.39, 0.29) is 22.5 Å². The van der Waals surface area contributed by atoms with Crippen LogP contribution in [0.3, 0.4) is 0 Å². The minimum absolute atomic E-state index is 0.0441. The highest BCUT2D eigenvalue weighted by atomic mass is 32.2. The molecule has 1 aliphatic heterocycles. The summed E-state index contributed by atoms with van der Waals surface area (Å²) in [5, 5.41) is 5.46. The van der Waals surface area contributed by atoms with E-state index in [2.05, 4.69) is 15.0 Å². The lowest BCUT2D eigenvalue weighted by molar-refractivity contribution is -0.119. The van der Waals surface area contributed by atoms with Gasteiger partial charge in [-0.1, -0.05) is 30.3 Å². The molecule has 7 heteroatoms. The SMILES string of the molecule is O=C(Cc1ccc2cnccc2c1)[C@@H]1C[C@H]1c1cccc(S(=O)(=O)NC[C@H]2CCCNC2)c1. The number of carbonyl (C=O) groups excluding carboxylic acids is 1. The molecule has 1 saturated heterocycles. The van der Waals surface area contributed by atoms with Crippen LogP contribution in [0.4, 0.5) is 0 Å². The fourth-order valence-electron chi connectivity index (χ4n) is 4.82. The molecule has 0 bridgehead atoms. The molecule has 1 aliphatic carbocycles. The summed E-state index contributed by atoms with van der Waals surface area (Å²) in [7, 11) is -3.56.